The molecule has 0 radical (unpaired) electrons. The van der Waals surface area contributed by atoms with Gasteiger partial charge in [-0.1, -0.05) is 12.1 Å². The van der Waals surface area contributed by atoms with Crippen LogP contribution in [0.5, 0.6) is 0 Å². The molecule has 0 spiro atoms. The van der Waals surface area contributed by atoms with Gasteiger partial charge in [-0.15, -0.1) is 11.6 Å². The molecule has 0 aliphatic carbocycles. The van der Waals surface area contributed by atoms with E-state index in [9.17, 15) is 0 Å². The summed E-state index contributed by atoms with van der Waals surface area (Å²) in [5.41, 5.74) is 5.60. The Labute approximate surface area is 92.3 Å². The van der Waals surface area contributed by atoms with Crippen LogP contribution in [0.3, 0.4) is 0 Å². The smallest absolute Gasteiger partial charge is 0.0311 e. The average Bonchev–Trinajstić information content (AvgIpc) is 2.09. The van der Waals surface area contributed by atoms with Crippen molar-refractivity contribution in [2.45, 2.75) is 45.9 Å². The Hall–Kier alpha value is -0.490. The fraction of sp³-hybridized carbons (Fsp3) is 0.538. The van der Waals surface area contributed by atoms with Crippen LogP contribution in [-0.4, -0.2) is 5.38 Å². The lowest BCUT2D eigenvalue weighted by Crippen LogP contribution is -1.98. The molecule has 0 amide bonds. The first-order valence-electron chi connectivity index (χ1n) is 5.21. The number of benzene rings is 1. The van der Waals surface area contributed by atoms with Crippen molar-refractivity contribution in [3.8, 4) is 0 Å². The second-order valence-electron chi connectivity index (χ2n) is 4.18. The molecular weight excluding hydrogens is 192 g/mol. The summed E-state index contributed by atoms with van der Waals surface area (Å²) in [5, 5.41) is 0.274. The zero-order valence-corrected chi connectivity index (χ0v) is 10.3. The molecule has 78 valence electrons. The minimum absolute atomic E-state index is 0.274. The van der Waals surface area contributed by atoms with E-state index in [1.54, 1.807) is 0 Å². The molecule has 1 unspecified atom stereocenters. The van der Waals surface area contributed by atoms with Gasteiger partial charge in [0.1, 0.15) is 0 Å². The summed E-state index contributed by atoms with van der Waals surface area (Å²) < 4.78 is 0. The third-order valence-electron chi connectivity index (χ3n) is 2.76. The zero-order valence-electron chi connectivity index (χ0n) is 9.52. The number of hydrogen-bond donors (Lipinski definition) is 0. The molecule has 14 heavy (non-hydrogen) atoms. The van der Waals surface area contributed by atoms with Crippen LogP contribution in [0.4, 0.5) is 0 Å². The Morgan fingerprint density at radius 1 is 1.07 bits per heavy atom. The molecule has 1 atom stereocenters. The van der Waals surface area contributed by atoms with Gasteiger partial charge in [0, 0.05) is 5.38 Å². The molecular formula is C13H19Cl. The quantitative estimate of drug-likeness (QED) is 0.657. The van der Waals surface area contributed by atoms with Crippen LogP contribution in [0.2, 0.25) is 0 Å². The Bertz CT molecular complexity index is 313. The van der Waals surface area contributed by atoms with Crippen molar-refractivity contribution in [2.75, 3.05) is 0 Å². The van der Waals surface area contributed by atoms with Crippen molar-refractivity contribution in [1.82, 2.24) is 0 Å². The van der Waals surface area contributed by atoms with Gasteiger partial charge in [0.05, 0.1) is 0 Å². The first-order valence-corrected chi connectivity index (χ1v) is 5.65. The van der Waals surface area contributed by atoms with Gasteiger partial charge in [-0.05, 0) is 62.8 Å². The summed E-state index contributed by atoms with van der Waals surface area (Å²) >= 11 is 5.95. The van der Waals surface area contributed by atoms with E-state index in [1.165, 1.54) is 22.3 Å². The number of aryl methyl sites for hydroxylation is 4. The molecule has 0 fully saturated rings. The fourth-order valence-corrected chi connectivity index (χ4v) is 1.75. The topological polar surface area (TPSA) is 0 Å². The molecule has 0 N–H and O–H groups in total. The summed E-state index contributed by atoms with van der Waals surface area (Å²) in [4.78, 5) is 0. The van der Waals surface area contributed by atoms with Crippen molar-refractivity contribution >= 4 is 11.6 Å². The molecule has 0 nitrogen and oxygen atoms in total. The number of hydrogen-bond acceptors (Lipinski definition) is 0. The standard InChI is InChI=1S/C13H19Cl/c1-9-7-11(3)13(8-10(9)2)6-5-12(4)14/h7-8,12H,5-6H2,1-4H3. The van der Waals surface area contributed by atoms with E-state index in [0.717, 1.165) is 12.8 Å². The highest BCUT2D eigenvalue weighted by Gasteiger charge is 2.03. The van der Waals surface area contributed by atoms with Gasteiger partial charge < -0.3 is 0 Å². The van der Waals surface area contributed by atoms with Gasteiger partial charge in [0.2, 0.25) is 0 Å². The molecule has 0 aliphatic heterocycles. The van der Waals surface area contributed by atoms with E-state index in [1.807, 2.05) is 0 Å². The Balaban J connectivity index is 2.82. The van der Waals surface area contributed by atoms with E-state index >= 15 is 0 Å². The summed E-state index contributed by atoms with van der Waals surface area (Å²) in [5.74, 6) is 0. The van der Waals surface area contributed by atoms with Crippen LogP contribution in [-0.2, 0) is 6.42 Å². The zero-order chi connectivity index (χ0) is 10.7. The number of alkyl halides is 1. The molecule has 1 rings (SSSR count). The Kier molecular flexibility index (Phi) is 4.00. The molecule has 0 aliphatic rings. The predicted octanol–water partition coefficient (Wildman–Crippen LogP) is 4.17. The second-order valence-corrected chi connectivity index (χ2v) is 4.93. The third-order valence-corrected chi connectivity index (χ3v) is 2.98. The Morgan fingerprint density at radius 3 is 2.21 bits per heavy atom. The largest absolute Gasteiger partial charge is 0.123 e. The molecule has 0 saturated carbocycles. The van der Waals surface area contributed by atoms with Crippen LogP contribution in [0.15, 0.2) is 12.1 Å². The first-order chi connectivity index (χ1) is 6.50. The highest BCUT2D eigenvalue weighted by molar-refractivity contribution is 6.20. The number of rotatable bonds is 3. The van der Waals surface area contributed by atoms with Crippen LogP contribution >= 0.6 is 11.6 Å². The van der Waals surface area contributed by atoms with Gasteiger partial charge in [-0.2, -0.15) is 0 Å². The third kappa shape index (κ3) is 3.02. The highest BCUT2D eigenvalue weighted by atomic mass is 35.5. The van der Waals surface area contributed by atoms with Crippen molar-refractivity contribution in [2.24, 2.45) is 0 Å². The van der Waals surface area contributed by atoms with Crippen molar-refractivity contribution in [3.63, 3.8) is 0 Å². The van der Waals surface area contributed by atoms with Crippen molar-refractivity contribution in [3.05, 3.63) is 34.4 Å². The van der Waals surface area contributed by atoms with Crippen LogP contribution in [0.1, 0.15) is 35.6 Å². The molecule has 0 aromatic heterocycles. The maximum Gasteiger partial charge on any atom is 0.0311 e. The van der Waals surface area contributed by atoms with Crippen LogP contribution in [0, 0.1) is 20.8 Å². The van der Waals surface area contributed by atoms with Gasteiger partial charge >= 0.3 is 0 Å². The highest BCUT2D eigenvalue weighted by Crippen LogP contribution is 2.18. The van der Waals surface area contributed by atoms with Gasteiger partial charge in [0.25, 0.3) is 0 Å². The lowest BCUT2D eigenvalue weighted by atomic mass is 9.97. The van der Waals surface area contributed by atoms with Gasteiger partial charge in [-0.3, -0.25) is 0 Å². The monoisotopic (exact) mass is 210 g/mol. The van der Waals surface area contributed by atoms with Crippen LogP contribution in [0.25, 0.3) is 0 Å². The minimum atomic E-state index is 0.274. The Morgan fingerprint density at radius 2 is 1.64 bits per heavy atom. The summed E-state index contributed by atoms with van der Waals surface area (Å²) in [6.07, 6.45) is 2.16. The van der Waals surface area contributed by atoms with E-state index in [0.29, 0.717) is 0 Å². The normalized spacial score (nSPS) is 12.9. The number of halogens is 1. The molecule has 1 aromatic carbocycles. The fourth-order valence-electron chi connectivity index (χ4n) is 1.64. The molecule has 1 heteroatoms. The molecule has 0 bridgehead atoms. The van der Waals surface area contributed by atoms with Crippen molar-refractivity contribution in [1.29, 1.82) is 0 Å². The first kappa shape index (κ1) is 11.6. The van der Waals surface area contributed by atoms with Gasteiger partial charge in [0.15, 0.2) is 0 Å². The van der Waals surface area contributed by atoms with Gasteiger partial charge in [-0.25, -0.2) is 0 Å². The molecule has 0 heterocycles. The maximum absolute atomic E-state index is 5.95. The molecule has 1 aromatic rings. The average molecular weight is 211 g/mol. The van der Waals surface area contributed by atoms with Crippen molar-refractivity contribution < 1.29 is 0 Å². The lowest BCUT2D eigenvalue weighted by molar-refractivity contribution is 0.798. The SMILES string of the molecule is Cc1cc(C)c(CCC(C)Cl)cc1C. The lowest BCUT2D eigenvalue weighted by Gasteiger charge is -2.10. The second kappa shape index (κ2) is 4.84. The predicted molar refractivity (Wildman–Crippen MR) is 64.3 cm³/mol. The minimum Gasteiger partial charge on any atom is -0.123 e. The summed E-state index contributed by atoms with van der Waals surface area (Å²) in [7, 11) is 0. The maximum atomic E-state index is 5.95. The summed E-state index contributed by atoms with van der Waals surface area (Å²) in [6.45, 7) is 8.57. The summed E-state index contributed by atoms with van der Waals surface area (Å²) in [6, 6.07) is 4.56. The van der Waals surface area contributed by atoms with E-state index in [2.05, 4.69) is 39.8 Å². The van der Waals surface area contributed by atoms with E-state index in [-0.39, 0.29) is 5.38 Å². The van der Waals surface area contributed by atoms with E-state index in [4.69, 9.17) is 11.6 Å². The van der Waals surface area contributed by atoms with Crippen LogP contribution < -0.4 is 0 Å². The van der Waals surface area contributed by atoms with E-state index < -0.39 is 0 Å². The molecule has 0 saturated heterocycles.